The van der Waals surface area contributed by atoms with E-state index in [-0.39, 0.29) is 23.9 Å². The van der Waals surface area contributed by atoms with Crippen LogP contribution in [-0.4, -0.2) is 64.7 Å². The van der Waals surface area contributed by atoms with E-state index >= 15 is 0 Å². The Morgan fingerprint density at radius 1 is 1.24 bits per heavy atom. The fraction of sp³-hybridized carbons (Fsp3) is 0.593. The molecule has 2 aliphatic heterocycles. The van der Waals surface area contributed by atoms with Crippen molar-refractivity contribution in [2.75, 3.05) is 18.0 Å². The monoisotopic (exact) mass is 540 g/mol. The highest BCUT2D eigenvalue weighted by atomic mass is 19.4. The Balaban J connectivity index is 0.000000505. The van der Waals surface area contributed by atoms with Gasteiger partial charge in [0, 0.05) is 24.8 Å². The van der Waals surface area contributed by atoms with Crippen LogP contribution in [0.25, 0.3) is 0 Å². The minimum absolute atomic E-state index is 0.190. The zero-order valence-corrected chi connectivity index (χ0v) is 22.0. The summed E-state index contributed by atoms with van der Waals surface area (Å²) in [6.07, 6.45) is 4.57. The molecule has 3 fully saturated rings. The van der Waals surface area contributed by atoms with Crippen LogP contribution >= 0.6 is 0 Å². The number of urea groups is 1. The van der Waals surface area contributed by atoms with E-state index in [1.165, 1.54) is 37.0 Å². The third-order valence-corrected chi connectivity index (χ3v) is 7.30. The van der Waals surface area contributed by atoms with Crippen LogP contribution in [0.2, 0.25) is 0 Å². The minimum atomic E-state index is -5.08. The number of nitrogens with one attached hydrogen (secondary N) is 1. The number of aliphatic imine (C=N–C) groups is 1. The summed E-state index contributed by atoms with van der Waals surface area (Å²) in [5, 5.41) is 10.2. The zero-order chi connectivity index (χ0) is 28.1. The van der Waals surface area contributed by atoms with Crippen molar-refractivity contribution >= 4 is 23.5 Å². The van der Waals surface area contributed by atoms with Gasteiger partial charge in [-0.05, 0) is 64.7 Å². The molecule has 210 valence electrons. The van der Waals surface area contributed by atoms with Gasteiger partial charge in [0.1, 0.15) is 17.2 Å². The molecule has 2 saturated heterocycles. The lowest BCUT2D eigenvalue weighted by Crippen LogP contribution is -2.59. The van der Waals surface area contributed by atoms with Crippen molar-refractivity contribution in [3.8, 4) is 0 Å². The number of carboxylic acids is 1. The molecule has 1 saturated carbocycles. The number of nitrogens with zero attached hydrogens (tertiary/aromatic N) is 3. The average molecular weight is 541 g/mol. The number of benzene rings is 1. The standard InChI is InChI=1S/C25H35FN4O.C2HF3O2/c1-18(2)12-14-29-15-13-25(17-19(29)3)23(27-21-9-5-4-6-10-21)28-24(31)30(25)22-11-7-8-20(26)16-22;3-2(4,5)1(6)7/h7-8,11-12,16,19,21H,4-6,9-10,13-15,17H2,1-3H3,(H,27,28,31);(H,6,7). The maximum absolute atomic E-state index is 14.1. The highest BCUT2D eigenvalue weighted by Crippen LogP contribution is 2.40. The van der Waals surface area contributed by atoms with Gasteiger partial charge in [0.2, 0.25) is 0 Å². The summed E-state index contributed by atoms with van der Waals surface area (Å²) in [4.78, 5) is 31.5. The Hall–Kier alpha value is -2.95. The van der Waals surface area contributed by atoms with Gasteiger partial charge >= 0.3 is 18.2 Å². The van der Waals surface area contributed by atoms with Crippen molar-refractivity contribution in [3.05, 3.63) is 41.7 Å². The van der Waals surface area contributed by atoms with Crippen LogP contribution in [0, 0.1) is 5.82 Å². The number of alkyl halides is 3. The predicted molar refractivity (Wildman–Crippen MR) is 138 cm³/mol. The maximum Gasteiger partial charge on any atom is 0.490 e. The summed E-state index contributed by atoms with van der Waals surface area (Å²) in [6.45, 7) is 8.25. The Labute approximate surface area is 220 Å². The number of amides is 2. The number of likely N-dealkylation sites (tertiary alicyclic amines) is 1. The van der Waals surface area contributed by atoms with Gasteiger partial charge in [-0.1, -0.05) is 37.0 Å². The number of amidine groups is 1. The average Bonchev–Trinajstić information content (AvgIpc) is 3.08. The lowest BCUT2D eigenvalue weighted by molar-refractivity contribution is -0.192. The maximum atomic E-state index is 14.1. The van der Waals surface area contributed by atoms with Gasteiger partial charge in [-0.25, -0.2) is 14.0 Å². The Bertz CT molecular complexity index is 1060. The number of rotatable bonds is 4. The SMILES string of the molecule is CC(C)=CCN1CCC2(CC1C)C(=NC1CCCCC1)NC(=O)N2c1cccc(F)c1.O=C(O)C(F)(F)F. The molecule has 3 aliphatic rings. The first-order valence-electron chi connectivity index (χ1n) is 13.0. The zero-order valence-electron chi connectivity index (χ0n) is 22.0. The van der Waals surface area contributed by atoms with Crippen molar-refractivity contribution in [2.24, 2.45) is 4.99 Å². The normalized spacial score (nSPS) is 25.7. The molecule has 1 aromatic carbocycles. The van der Waals surface area contributed by atoms with Crippen molar-refractivity contribution in [1.29, 1.82) is 0 Å². The highest BCUT2D eigenvalue weighted by molar-refractivity contribution is 6.19. The van der Waals surface area contributed by atoms with Gasteiger partial charge in [-0.15, -0.1) is 0 Å². The van der Waals surface area contributed by atoms with Crippen LogP contribution in [0.15, 0.2) is 40.9 Å². The molecule has 11 heteroatoms. The van der Waals surface area contributed by atoms with E-state index in [9.17, 15) is 22.4 Å². The first kappa shape index (κ1) is 29.6. The molecule has 2 unspecified atom stereocenters. The summed E-state index contributed by atoms with van der Waals surface area (Å²) in [7, 11) is 0. The summed E-state index contributed by atoms with van der Waals surface area (Å²) < 4.78 is 45.8. The number of halogens is 4. The molecule has 1 aromatic rings. The Kier molecular flexibility index (Phi) is 9.56. The molecule has 0 bridgehead atoms. The van der Waals surface area contributed by atoms with E-state index in [0.717, 1.165) is 44.6 Å². The van der Waals surface area contributed by atoms with Gasteiger partial charge < -0.3 is 5.11 Å². The molecule has 0 aromatic heterocycles. The van der Waals surface area contributed by atoms with E-state index in [1.54, 1.807) is 11.0 Å². The Morgan fingerprint density at radius 2 is 1.89 bits per heavy atom. The van der Waals surface area contributed by atoms with E-state index in [0.29, 0.717) is 5.69 Å². The van der Waals surface area contributed by atoms with Gasteiger partial charge in [-0.2, -0.15) is 13.2 Å². The molecule has 4 rings (SSSR count). The number of allylic oxidation sites excluding steroid dienone is 1. The number of hydrogen-bond donors (Lipinski definition) is 2. The summed E-state index contributed by atoms with van der Waals surface area (Å²) in [5.41, 5.74) is 1.38. The highest BCUT2D eigenvalue weighted by Gasteiger charge is 2.54. The van der Waals surface area contributed by atoms with Gasteiger partial charge in [0.05, 0.1) is 6.04 Å². The number of carbonyl (C=O) groups excluding carboxylic acids is 1. The molecule has 2 amide bonds. The number of hydrogen-bond acceptors (Lipinski definition) is 4. The second-order valence-electron chi connectivity index (χ2n) is 10.4. The first-order chi connectivity index (χ1) is 17.8. The molecule has 1 aliphatic carbocycles. The lowest BCUT2D eigenvalue weighted by Gasteiger charge is -2.47. The second-order valence-corrected chi connectivity index (χ2v) is 10.4. The van der Waals surface area contributed by atoms with Crippen LogP contribution in [0.3, 0.4) is 0 Å². The van der Waals surface area contributed by atoms with Crippen molar-refractivity contribution in [3.63, 3.8) is 0 Å². The Morgan fingerprint density at radius 3 is 2.45 bits per heavy atom. The van der Waals surface area contributed by atoms with E-state index in [2.05, 4.69) is 37.1 Å². The predicted octanol–water partition coefficient (Wildman–Crippen LogP) is 5.91. The van der Waals surface area contributed by atoms with Gasteiger partial charge in [0.15, 0.2) is 0 Å². The summed E-state index contributed by atoms with van der Waals surface area (Å²) in [5.74, 6) is -2.29. The fourth-order valence-corrected chi connectivity index (χ4v) is 5.36. The fourth-order valence-electron chi connectivity index (χ4n) is 5.36. The smallest absolute Gasteiger partial charge is 0.475 e. The lowest BCUT2D eigenvalue weighted by atomic mass is 9.81. The van der Waals surface area contributed by atoms with Crippen LogP contribution in [0.5, 0.6) is 0 Å². The minimum Gasteiger partial charge on any atom is -0.475 e. The molecule has 1 spiro atoms. The topological polar surface area (TPSA) is 85.2 Å². The van der Waals surface area contributed by atoms with Crippen LogP contribution in [-0.2, 0) is 4.79 Å². The summed E-state index contributed by atoms with van der Waals surface area (Å²) in [6, 6.07) is 6.75. The number of aliphatic carboxylic acids is 1. The van der Waals surface area contributed by atoms with Crippen LogP contribution in [0.4, 0.5) is 28.0 Å². The van der Waals surface area contributed by atoms with E-state index in [1.807, 2.05) is 6.07 Å². The second kappa shape index (κ2) is 12.3. The van der Waals surface area contributed by atoms with Crippen LogP contribution < -0.4 is 10.2 Å². The van der Waals surface area contributed by atoms with E-state index < -0.39 is 17.7 Å². The largest absolute Gasteiger partial charge is 0.490 e. The molecule has 7 nitrogen and oxygen atoms in total. The number of piperidine rings is 1. The third-order valence-electron chi connectivity index (χ3n) is 7.30. The van der Waals surface area contributed by atoms with Crippen LogP contribution in [0.1, 0.15) is 65.7 Å². The number of anilines is 1. The van der Waals surface area contributed by atoms with E-state index in [4.69, 9.17) is 14.9 Å². The molecule has 2 atom stereocenters. The van der Waals surface area contributed by atoms with Crippen molar-refractivity contribution in [2.45, 2.75) is 89.5 Å². The third kappa shape index (κ3) is 7.12. The van der Waals surface area contributed by atoms with Gasteiger partial charge in [0.25, 0.3) is 0 Å². The van der Waals surface area contributed by atoms with Gasteiger partial charge in [-0.3, -0.25) is 20.1 Å². The number of carbonyl (C=O) groups is 2. The molecular weight excluding hydrogens is 504 g/mol. The van der Waals surface area contributed by atoms with Crippen molar-refractivity contribution < 1.29 is 32.3 Å². The first-order valence-corrected chi connectivity index (χ1v) is 13.0. The molecule has 2 N–H and O–H groups in total. The molecular formula is C27H36F4N4O3. The molecule has 2 heterocycles. The molecule has 0 radical (unpaired) electrons. The summed E-state index contributed by atoms with van der Waals surface area (Å²) >= 11 is 0. The van der Waals surface area contributed by atoms with Crippen molar-refractivity contribution in [1.82, 2.24) is 10.2 Å². The quantitative estimate of drug-likeness (QED) is 0.367. The molecule has 38 heavy (non-hydrogen) atoms. The number of carboxylic acid groups (broad SMARTS) is 1.